The van der Waals surface area contributed by atoms with Gasteiger partial charge in [0.1, 0.15) is 11.6 Å². The summed E-state index contributed by atoms with van der Waals surface area (Å²) in [5.74, 6) is 1.50. The number of aromatic nitrogens is 3. The zero-order valence-corrected chi connectivity index (χ0v) is 16.0. The normalized spacial score (nSPS) is 18.5. The van der Waals surface area contributed by atoms with Crippen molar-refractivity contribution in [3.63, 3.8) is 0 Å². The van der Waals surface area contributed by atoms with Crippen molar-refractivity contribution in [2.45, 2.75) is 51.0 Å². The first-order valence-electron chi connectivity index (χ1n) is 9.58. The number of anilines is 2. The highest BCUT2D eigenvalue weighted by Crippen LogP contribution is 2.44. The van der Waals surface area contributed by atoms with Crippen molar-refractivity contribution in [3.8, 4) is 17.2 Å². The van der Waals surface area contributed by atoms with E-state index in [1.54, 1.807) is 12.4 Å². The summed E-state index contributed by atoms with van der Waals surface area (Å²) in [6, 6.07) is 6.76. The molecule has 2 saturated carbocycles. The van der Waals surface area contributed by atoms with E-state index in [1.807, 2.05) is 12.1 Å². The van der Waals surface area contributed by atoms with Crippen LogP contribution < -0.4 is 10.6 Å². The summed E-state index contributed by atoms with van der Waals surface area (Å²) in [7, 11) is 0. The SMILES string of the molecule is N#CC1(CNc2cc(-c3cc(NC4CCCCC4)ncc3Cl)cnn2)CC1. The van der Waals surface area contributed by atoms with Gasteiger partial charge in [0.15, 0.2) is 0 Å². The Labute approximate surface area is 164 Å². The average Bonchev–Trinajstić information content (AvgIpc) is 3.50. The monoisotopic (exact) mass is 382 g/mol. The van der Waals surface area contributed by atoms with Gasteiger partial charge >= 0.3 is 0 Å². The number of nitriles is 1. The van der Waals surface area contributed by atoms with Gasteiger partial charge in [-0.05, 0) is 37.8 Å². The molecule has 0 aliphatic heterocycles. The van der Waals surface area contributed by atoms with Gasteiger partial charge in [-0.2, -0.15) is 10.4 Å². The minimum Gasteiger partial charge on any atom is -0.367 e. The van der Waals surface area contributed by atoms with Crippen LogP contribution in [0.5, 0.6) is 0 Å². The first-order valence-corrected chi connectivity index (χ1v) is 9.96. The summed E-state index contributed by atoms with van der Waals surface area (Å²) < 4.78 is 0. The highest BCUT2D eigenvalue weighted by Gasteiger charge is 2.42. The van der Waals surface area contributed by atoms with Crippen molar-refractivity contribution in [2.24, 2.45) is 5.41 Å². The lowest BCUT2D eigenvalue weighted by Crippen LogP contribution is -2.22. The van der Waals surface area contributed by atoms with Crippen molar-refractivity contribution in [3.05, 3.63) is 29.5 Å². The standard InChI is InChI=1S/C20H23ClN6/c21-17-11-23-18(26-15-4-2-1-3-5-15)9-16(17)14-8-19(27-25-10-14)24-13-20(12-22)6-7-20/h8-11,15H,1-7,13H2,(H,23,26)(H,24,27). The molecule has 2 N–H and O–H groups in total. The zero-order chi connectivity index (χ0) is 18.7. The van der Waals surface area contributed by atoms with Crippen LogP contribution in [0.2, 0.25) is 5.02 Å². The minimum atomic E-state index is -0.233. The van der Waals surface area contributed by atoms with Crippen LogP contribution in [0.3, 0.4) is 0 Å². The molecule has 0 aromatic carbocycles. The molecule has 0 bridgehead atoms. The minimum absolute atomic E-state index is 0.233. The third-order valence-electron chi connectivity index (χ3n) is 5.48. The van der Waals surface area contributed by atoms with E-state index in [1.165, 1.54) is 32.1 Å². The predicted octanol–water partition coefficient (Wildman–Crippen LogP) is 4.65. The molecule has 0 saturated heterocycles. The fraction of sp³-hybridized carbons (Fsp3) is 0.500. The van der Waals surface area contributed by atoms with Crippen LogP contribution in [0.15, 0.2) is 24.5 Å². The van der Waals surface area contributed by atoms with E-state index >= 15 is 0 Å². The van der Waals surface area contributed by atoms with Gasteiger partial charge in [0.05, 0.1) is 22.7 Å². The summed E-state index contributed by atoms with van der Waals surface area (Å²) in [5, 5.41) is 24.8. The van der Waals surface area contributed by atoms with Crippen LogP contribution >= 0.6 is 11.6 Å². The molecule has 2 heterocycles. The summed E-state index contributed by atoms with van der Waals surface area (Å²) in [6.07, 6.45) is 11.5. The lowest BCUT2D eigenvalue weighted by molar-refractivity contribution is 0.462. The second kappa shape index (κ2) is 7.69. The average molecular weight is 383 g/mol. The Morgan fingerprint density at radius 2 is 1.96 bits per heavy atom. The fourth-order valence-corrected chi connectivity index (χ4v) is 3.75. The largest absolute Gasteiger partial charge is 0.367 e. The molecule has 2 aromatic rings. The fourth-order valence-electron chi connectivity index (χ4n) is 3.53. The Balaban J connectivity index is 1.51. The Kier molecular flexibility index (Phi) is 5.13. The highest BCUT2D eigenvalue weighted by molar-refractivity contribution is 6.33. The van der Waals surface area contributed by atoms with Crippen molar-refractivity contribution in [1.29, 1.82) is 5.26 Å². The number of hydrogen-bond donors (Lipinski definition) is 2. The van der Waals surface area contributed by atoms with Crippen molar-refractivity contribution < 1.29 is 0 Å². The van der Waals surface area contributed by atoms with E-state index in [4.69, 9.17) is 11.6 Å². The second-order valence-electron chi connectivity index (χ2n) is 7.60. The van der Waals surface area contributed by atoms with E-state index in [-0.39, 0.29) is 5.41 Å². The molecule has 140 valence electrons. The molecule has 27 heavy (non-hydrogen) atoms. The summed E-state index contributed by atoms with van der Waals surface area (Å²) >= 11 is 6.41. The number of hydrogen-bond acceptors (Lipinski definition) is 6. The molecule has 0 unspecified atom stereocenters. The summed E-state index contributed by atoms with van der Waals surface area (Å²) in [4.78, 5) is 4.44. The maximum Gasteiger partial charge on any atom is 0.149 e. The topological polar surface area (TPSA) is 86.5 Å². The van der Waals surface area contributed by atoms with Gasteiger partial charge in [-0.1, -0.05) is 30.9 Å². The van der Waals surface area contributed by atoms with Crippen LogP contribution in [0.25, 0.3) is 11.1 Å². The van der Waals surface area contributed by atoms with Crippen LogP contribution in [0, 0.1) is 16.7 Å². The van der Waals surface area contributed by atoms with Crippen LogP contribution in [0.1, 0.15) is 44.9 Å². The lowest BCUT2D eigenvalue weighted by atomic mass is 9.95. The third-order valence-corrected chi connectivity index (χ3v) is 5.78. The molecule has 0 radical (unpaired) electrons. The van der Waals surface area contributed by atoms with E-state index in [0.29, 0.717) is 23.4 Å². The number of rotatable bonds is 6. The Hall–Kier alpha value is -2.39. The van der Waals surface area contributed by atoms with Gasteiger partial charge in [0.2, 0.25) is 0 Å². The first-order chi connectivity index (χ1) is 13.2. The van der Waals surface area contributed by atoms with E-state index in [9.17, 15) is 5.26 Å². The van der Waals surface area contributed by atoms with Gasteiger partial charge < -0.3 is 10.6 Å². The molecule has 0 amide bonds. The maximum absolute atomic E-state index is 9.21. The van der Waals surface area contributed by atoms with Gasteiger partial charge in [-0.3, -0.25) is 0 Å². The van der Waals surface area contributed by atoms with Crippen LogP contribution in [-0.4, -0.2) is 27.8 Å². The molecule has 2 fully saturated rings. The van der Waals surface area contributed by atoms with Crippen molar-refractivity contribution >= 4 is 23.2 Å². The molecule has 6 nitrogen and oxygen atoms in total. The van der Waals surface area contributed by atoms with Gasteiger partial charge in [0.25, 0.3) is 0 Å². The Morgan fingerprint density at radius 3 is 2.70 bits per heavy atom. The van der Waals surface area contributed by atoms with Gasteiger partial charge in [0, 0.05) is 29.9 Å². The molecule has 2 aliphatic rings. The molecular weight excluding hydrogens is 360 g/mol. The van der Waals surface area contributed by atoms with Crippen LogP contribution in [-0.2, 0) is 0 Å². The molecule has 2 aliphatic carbocycles. The molecule has 0 atom stereocenters. The van der Waals surface area contributed by atoms with E-state index in [0.717, 1.165) is 29.8 Å². The number of halogens is 1. The quantitative estimate of drug-likeness (QED) is 0.756. The number of nitrogens with zero attached hydrogens (tertiary/aromatic N) is 4. The van der Waals surface area contributed by atoms with Crippen LogP contribution in [0.4, 0.5) is 11.6 Å². The Bertz CT molecular complexity index is 852. The maximum atomic E-state index is 9.21. The third kappa shape index (κ3) is 4.30. The molecular formula is C20H23ClN6. The predicted molar refractivity (Wildman–Crippen MR) is 107 cm³/mol. The van der Waals surface area contributed by atoms with Gasteiger partial charge in [-0.15, -0.1) is 5.10 Å². The number of nitrogens with one attached hydrogen (secondary N) is 2. The second-order valence-corrected chi connectivity index (χ2v) is 8.01. The lowest BCUT2D eigenvalue weighted by Gasteiger charge is -2.23. The molecule has 7 heteroatoms. The molecule has 4 rings (SSSR count). The number of pyridine rings is 1. The van der Waals surface area contributed by atoms with Crippen molar-refractivity contribution in [2.75, 3.05) is 17.2 Å². The molecule has 0 spiro atoms. The van der Waals surface area contributed by atoms with E-state index < -0.39 is 0 Å². The summed E-state index contributed by atoms with van der Waals surface area (Å²) in [5.41, 5.74) is 1.53. The first kappa shape index (κ1) is 18.0. The Morgan fingerprint density at radius 1 is 1.15 bits per heavy atom. The zero-order valence-electron chi connectivity index (χ0n) is 15.2. The smallest absolute Gasteiger partial charge is 0.149 e. The van der Waals surface area contributed by atoms with Gasteiger partial charge in [-0.25, -0.2) is 4.98 Å². The van der Waals surface area contributed by atoms with E-state index in [2.05, 4.69) is 31.9 Å². The molecule has 2 aromatic heterocycles. The summed E-state index contributed by atoms with van der Waals surface area (Å²) in [6.45, 7) is 0.597. The van der Waals surface area contributed by atoms with Crippen molar-refractivity contribution in [1.82, 2.24) is 15.2 Å². The highest BCUT2D eigenvalue weighted by atomic mass is 35.5.